The molecule has 0 unspecified atom stereocenters. The van der Waals surface area contributed by atoms with Gasteiger partial charge in [0.2, 0.25) is 0 Å². The predicted octanol–water partition coefficient (Wildman–Crippen LogP) is 3.11. The summed E-state index contributed by atoms with van der Waals surface area (Å²) in [6, 6.07) is 8.34. The van der Waals surface area contributed by atoms with Crippen LogP contribution in [0.25, 0.3) is 10.9 Å². The molecule has 0 spiro atoms. The molecule has 1 aliphatic heterocycles. The van der Waals surface area contributed by atoms with Gasteiger partial charge in [0, 0.05) is 16.8 Å². The van der Waals surface area contributed by atoms with Gasteiger partial charge in [-0.15, -0.1) is 11.8 Å². The molecule has 1 aliphatic rings. The molecule has 1 fully saturated rings. The van der Waals surface area contributed by atoms with Crippen LogP contribution < -0.4 is 5.32 Å². The molecule has 2 heterocycles. The average Bonchev–Trinajstić information content (AvgIpc) is 2.84. The van der Waals surface area contributed by atoms with Crippen molar-refractivity contribution in [1.29, 1.82) is 0 Å². The smallest absolute Gasteiger partial charge is 0.150 e. The summed E-state index contributed by atoms with van der Waals surface area (Å²) >= 11 is 1.70. The van der Waals surface area contributed by atoms with Crippen LogP contribution in [0.3, 0.4) is 0 Å². The van der Waals surface area contributed by atoms with E-state index in [1.807, 2.05) is 6.07 Å². The van der Waals surface area contributed by atoms with Crippen molar-refractivity contribution in [2.24, 2.45) is 5.92 Å². The van der Waals surface area contributed by atoms with Gasteiger partial charge in [0.1, 0.15) is 5.82 Å². The van der Waals surface area contributed by atoms with Crippen LogP contribution >= 0.6 is 11.8 Å². The monoisotopic (exact) mass is 336 g/mol. The summed E-state index contributed by atoms with van der Waals surface area (Å²) in [4.78, 5) is 5.86. The summed E-state index contributed by atoms with van der Waals surface area (Å²) in [5, 5.41) is 4.47. The molecule has 1 aromatic heterocycles. The summed E-state index contributed by atoms with van der Waals surface area (Å²) in [7, 11) is -2.81. The summed E-state index contributed by atoms with van der Waals surface area (Å²) in [5.41, 5.74) is 2.16. The molecule has 6 heteroatoms. The molecule has 118 valence electrons. The first-order valence-electron chi connectivity index (χ1n) is 7.36. The lowest BCUT2D eigenvalue weighted by Crippen LogP contribution is -2.16. The first-order chi connectivity index (χ1) is 10.5. The molecular formula is C16H20N2O2S2. The van der Waals surface area contributed by atoms with Crippen molar-refractivity contribution < 1.29 is 8.42 Å². The summed E-state index contributed by atoms with van der Waals surface area (Å²) in [5.74, 6) is 1.64. The van der Waals surface area contributed by atoms with E-state index < -0.39 is 9.84 Å². The van der Waals surface area contributed by atoms with Gasteiger partial charge in [0.05, 0.1) is 17.0 Å². The zero-order chi connectivity index (χ0) is 15.7. The van der Waals surface area contributed by atoms with E-state index in [1.54, 1.807) is 11.8 Å². The van der Waals surface area contributed by atoms with Gasteiger partial charge < -0.3 is 5.32 Å². The fraction of sp³-hybridized carbons (Fsp3) is 0.438. The maximum absolute atomic E-state index is 11.5. The topological polar surface area (TPSA) is 59.1 Å². The van der Waals surface area contributed by atoms with Gasteiger partial charge in [0.15, 0.2) is 9.84 Å². The number of fused-ring (bicyclic) bond motifs is 1. The molecule has 2 aromatic rings. The number of sulfone groups is 1. The Morgan fingerprint density at radius 3 is 2.86 bits per heavy atom. The number of nitrogens with one attached hydrogen (secondary N) is 1. The third kappa shape index (κ3) is 3.38. The van der Waals surface area contributed by atoms with E-state index in [0.29, 0.717) is 18.1 Å². The van der Waals surface area contributed by atoms with Gasteiger partial charge >= 0.3 is 0 Å². The highest BCUT2D eigenvalue weighted by atomic mass is 32.2. The molecular weight excluding hydrogens is 316 g/mol. The quantitative estimate of drug-likeness (QED) is 0.869. The molecule has 1 N–H and O–H groups in total. The van der Waals surface area contributed by atoms with Crippen LogP contribution in [-0.4, -0.2) is 37.7 Å². The Labute approximate surface area is 135 Å². The van der Waals surface area contributed by atoms with E-state index in [9.17, 15) is 8.42 Å². The van der Waals surface area contributed by atoms with Crippen molar-refractivity contribution in [2.75, 3.05) is 29.6 Å². The Bertz CT molecular complexity index is 803. The Morgan fingerprint density at radius 1 is 1.36 bits per heavy atom. The van der Waals surface area contributed by atoms with Gasteiger partial charge in [-0.1, -0.05) is 6.07 Å². The van der Waals surface area contributed by atoms with Gasteiger partial charge in [-0.05, 0) is 49.3 Å². The number of benzene rings is 1. The number of aromatic nitrogens is 1. The molecule has 1 saturated heterocycles. The molecule has 1 atom stereocenters. The van der Waals surface area contributed by atoms with Gasteiger partial charge in [-0.2, -0.15) is 0 Å². The summed E-state index contributed by atoms with van der Waals surface area (Å²) < 4.78 is 23.0. The number of aryl methyl sites for hydroxylation is 1. The van der Waals surface area contributed by atoms with E-state index in [1.165, 1.54) is 10.5 Å². The standard InChI is InChI=1S/C16H20N2O2S2/c1-11-7-16(17-9-12-5-6-22(19,20)10-12)18-15-8-13(21-2)3-4-14(11)15/h3-4,7-8,12H,5-6,9-10H2,1-2H3,(H,17,18)/t12-/m1/s1. The lowest BCUT2D eigenvalue weighted by Gasteiger charge is -2.12. The number of pyridine rings is 1. The van der Waals surface area contributed by atoms with Crippen molar-refractivity contribution >= 4 is 38.3 Å². The van der Waals surface area contributed by atoms with Crippen molar-refractivity contribution in [3.63, 3.8) is 0 Å². The Morgan fingerprint density at radius 2 is 2.18 bits per heavy atom. The van der Waals surface area contributed by atoms with Crippen molar-refractivity contribution in [2.45, 2.75) is 18.2 Å². The molecule has 22 heavy (non-hydrogen) atoms. The maximum Gasteiger partial charge on any atom is 0.150 e. The predicted molar refractivity (Wildman–Crippen MR) is 93.5 cm³/mol. The third-order valence-electron chi connectivity index (χ3n) is 4.12. The van der Waals surface area contributed by atoms with Crippen LogP contribution in [0.15, 0.2) is 29.2 Å². The van der Waals surface area contributed by atoms with Gasteiger partial charge in [-0.3, -0.25) is 0 Å². The molecule has 0 radical (unpaired) electrons. The minimum absolute atomic E-state index is 0.195. The van der Waals surface area contributed by atoms with Crippen LogP contribution in [0.5, 0.6) is 0 Å². The van der Waals surface area contributed by atoms with Gasteiger partial charge in [0.25, 0.3) is 0 Å². The average molecular weight is 336 g/mol. The number of rotatable bonds is 4. The lowest BCUT2D eigenvalue weighted by molar-refractivity contribution is 0.595. The van der Waals surface area contributed by atoms with E-state index in [0.717, 1.165) is 23.1 Å². The number of nitrogens with zero attached hydrogens (tertiary/aromatic N) is 1. The zero-order valence-electron chi connectivity index (χ0n) is 12.8. The minimum Gasteiger partial charge on any atom is -0.370 e. The van der Waals surface area contributed by atoms with Crippen molar-refractivity contribution in [3.05, 3.63) is 29.8 Å². The molecule has 3 rings (SSSR count). The van der Waals surface area contributed by atoms with Crippen LogP contribution in [0.4, 0.5) is 5.82 Å². The third-order valence-corrected chi connectivity index (χ3v) is 6.68. The fourth-order valence-electron chi connectivity index (χ4n) is 2.88. The molecule has 0 aliphatic carbocycles. The number of hydrogen-bond donors (Lipinski definition) is 1. The van der Waals surface area contributed by atoms with Gasteiger partial charge in [-0.25, -0.2) is 13.4 Å². The first-order valence-corrected chi connectivity index (χ1v) is 10.4. The highest BCUT2D eigenvalue weighted by molar-refractivity contribution is 7.98. The highest BCUT2D eigenvalue weighted by Crippen LogP contribution is 2.25. The second-order valence-electron chi connectivity index (χ2n) is 5.86. The number of thioether (sulfide) groups is 1. The van der Waals surface area contributed by atoms with Crippen molar-refractivity contribution in [3.8, 4) is 0 Å². The molecule has 4 nitrogen and oxygen atoms in total. The molecule has 0 saturated carbocycles. The van der Waals surface area contributed by atoms with E-state index in [4.69, 9.17) is 0 Å². The second kappa shape index (κ2) is 6.08. The van der Waals surface area contributed by atoms with E-state index in [-0.39, 0.29) is 5.92 Å². The normalized spacial score (nSPS) is 20.4. The largest absolute Gasteiger partial charge is 0.370 e. The van der Waals surface area contributed by atoms with Crippen LogP contribution in [-0.2, 0) is 9.84 Å². The Hall–Kier alpha value is -1.27. The summed E-state index contributed by atoms with van der Waals surface area (Å²) in [6.07, 6.45) is 2.80. The summed E-state index contributed by atoms with van der Waals surface area (Å²) in [6.45, 7) is 2.74. The van der Waals surface area contributed by atoms with Crippen molar-refractivity contribution in [1.82, 2.24) is 4.98 Å². The van der Waals surface area contributed by atoms with Crippen LogP contribution in [0.2, 0.25) is 0 Å². The number of hydrogen-bond acceptors (Lipinski definition) is 5. The SMILES string of the molecule is CSc1ccc2c(C)cc(NC[C@H]3CCS(=O)(=O)C3)nc2c1. The molecule has 1 aromatic carbocycles. The minimum atomic E-state index is -2.81. The van der Waals surface area contributed by atoms with Crippen LogP contribution in [0.1, 0.15) is 12.0 Å². The van der Waals surface area contributed by atoms with E-state index in [2.05, 4.69) is 41.7 Å². The second-order valence-corrected chi connectivity index (χ2v) is 8.97. The molecule has 0 amide bonds. The fourth-order valence-corrected chi connectivity index (χ4v) is 5.18. The first kappa shape index (κ1) is 15.6. The number of anilines is 1. The highest BCUT2D eigenvalue weighted by Gasteiger charge is 2.27. The Balaban J connectivity index is 1.79. The maximum atomic E-state index is 11.5. The lowest BCUT2D eigenvalue weighted by atomic mass is 10.1. The van der Waals surface area contributed by atoms with Crippen LogP contribution in [0, 0.1) is 12.8 Å². The Kier molecular flexibility index (Phi) is 4.32. The zero-order valence-corrected chi connectivity index (χ0v) is 14.4. The molecule has 0 bridgehead atoms. The van der Waals surface area contributed by atoms with E-state index >= 15 is 0 Å².